The number of hydrogen-bond donors (Lipinski definition) is 2. The number of hydrogen-bond acceptors (Lipinski definition) is 3. The van der Waals surface area contributed by atoms with Gasteiger partial charge in [-0.05, 0) is 12.8 Å². The van der Waals surface area contributed by atoms with Gasteiger partial charge < -0.3 is 15.2 Å². The highest BCUT2D eigenvalue weighted by atomic mass is 35.5. The zero-order valence-corrected chi connectivity index (χ0v) is 7.84. The van der Waals surface area contributed by atoms with Crippen LogP contribution in [0.2, 0.25) is 0 Å². The molecule has 0 saturated heterocycles. The third-order valence-electron chi connectivity index (χ3n) is 1.27. The Morgan fingerprint density at radius 1 is 1.38 bits per heavy atom. The first kappa shape index (κ1) is 12.0. The lowest BCUT2D eigenvalue weighted by atomic mass is 10.2. The normalized spacial score (nSPS) is 9.31. The van der Waals surface area contributed by atoms with Crippen molar-refractivity contribution in [3.8, 4) is 0 Å². The number of rotatable bonds is 6. The first-order valence-corrected chi connectivity index (χ1v) is 4.38. The second-order valence-electron chi connectivity index (χ2n) is 2.32. The quantitative estimate of drug-likeness (QED) is 0.509. The Balaban J connectivity index is 3.16. The fourth-order valence-corrected chi connectivity index (χ4v) is 0.791. The van der Waals surface area contributed by atoms with Gasteiger partial charge in [-0.1, -0.05) is 11.6 Å². The van der Waals surface area contributed by atoms with Gasteiger partial charge in [0.1, 0.15) is 0 Å². The van der Waals surface area contributed by atoms with Crippen LogP contribution in [-0.2, 0) is 9.53 Å². The topological polar surface area (TPSA) is 75.6 Å². The van der Waals surface area contributed by atoms with Gasteiger partial charge in [0.2, 0.25) is 0 Å². The third kappa shape index (κ3) is 8.94. The van der Waals surface area contributed by atoms with Crippen LogP contribution < -0.4 is 5.32 Å². The number of carboxylic acids is 1. The lowest BCUT2D eigenvalue weighted by molar-refractivity contribution is -0.137. The molecule has 0 aliphatic carbocycles. The highest BCUT2D eigenvalue weighted by molar-refractivity contribution is 6.17. The van der Waals surface area contributed by atoms with E-state index in [1.165, 1.54) is 0 Å². The maximum Gasteiger partial charge on any atom is 0.408 e. The van der Waals surface area contributed by atoms with Crippen molar-refractivity contribution in [2.24, 2.45) is 0 Å². The minimum atomic E-state index is -0.830. The number of aliphatic carboxylic acids is 1. The van der Waals surface area contributed by atoms with E-state index in [9.17, 15) is 9.59 Å². The molecular formula is C7H12ClNO4. The molecule has 0 spiro atoms. The predicted octanol–water partition coefficient (Wildman–Crippen LogP) is 1.16. The minimum absolute atomic E-state index is 0.117. The molecule has 2 N–H and O–H groups in total. The molecule has 0 radical (unpaired) electrons. The first-order valence-electron chi connectivity index (χ1n) is 3.85. The van der Waals surface area contributed by atoms with Crippen molar-refractivity contribution in [3.05, 3.63) is 0 Å². The van der Waals surface area contributed by atoms with E-state index in [2.05, 4.69) is 10.1 Å². The van der Waals surface area contributed by atoms with Crippen LogP contribution in [0.4, 0.5) is 4.79 Å². The first-order chi connectivity index (χ1) is 6.16. The van der Waals surface area contributed by atoms with Crippen LogP contribution >= 0.6 is 11.6 Å². The molecule has 76 valence electrons. The van der Waals surface area contributed by atoms with Crippen molar-refractivity contribution >= 4 is 23.7 Å². The standard InChI is InChI=1S/C7H12ClNO4/c8-5-13-7(12)9-4-2-1-3-6(10)11/h1-5H2,(H,9,12)(H,10,11). The largest absolute Gasteiger partial charge is 0.481 e. The van der Waals surface area contributed by atoms with E-state index in [0.717, 1.165) is 0 Å². The highest BCUT2D eigenvalue weighted by Crippen LogP contribution is 1.93. The summed E-state index contributed by atoms with van der Waals surface area (Å²) < 4.78 is 4.37. The van der Waals surface area contributed by atoms with Crippen LogP contribution in [0.25, 0.3) is 0 Å². The fourth-order valence-electron chi connectivity index (χ4n) is 0.692. The SMILES string of the molecule is O=C(O)CCCCNC(=O)OCCl. The molecule has 0 aliphatic heterocycles. The summed E-state index contributed by atoms with van der Waals surface area (Å²) in [7, 11) is 0. The highest BCUT2D eigenvalue weighted by Gasteiger charge is 2.00. The van der Waals surface area contributed by atoms with Crippen molar-refractivity contribution in [2.75, 3.05) is 12.6 Å². The van der Waals surface area contributed by atoms with Crippen molar-refractivity contribution in [3.63, 3.8) is 0 Å². The molecule has 0 heterocycles. The monoisotopic (exact) mass is 209 g/mol. The lowest BCUT2D eigenvalue weighted by Gasteiger charge is -2.02. The summed E-state index contributed by atoms with van der Waals surface area (Å²) in [6.45, 7) is 0.406. The molecule has 1 amide bonds. The van der Waals surface area contributed by atoms with Crippen LogP contribution in [0.1, 0.15) is 19.3 Å². The number of alkyl halides is 1. The number of halogens is 1. The second kappa shape index (κ2) is 7.67. The number of unbranched alkanes of at least 4 members (excludes halogenated alkanes) is 1. The number of carboxylic acid groups (broad SMARTS) is 1. The zero-order valence-electron chi connectivity index (χ0n) is 7.09. The molecule has 0 atom stereocenters. The van der Waals surface area contributed by atoms with Gasteiger partial charge in [-0.15, -0.1) is 0 Å². The van der Waals surface area contributed by atoms with Crippen LogP contribution in [0, 0.1) is 0 Å². The molecule has 0 saturated carbocycles. The summed E-state index contributed by atoms with van der Waals surface area (Å²) in [4.78, 5) is 20.7. The van der Waals surface area contributed by atoms with Crippen LogP contribution in [0.5, 0.6) is 0 Å². The molecule has 0 unspecified atom stereocenters. The Hall–Kier alpha value is -0.970. The van der Waals surface area contributed by atoms with E-state index in [-0.39, 0.29) is 12.5 Å². The van der Waals surface area contributed by atoms with E-state index in [0.29, 0.717) is 19.4 Å². The molecule has 13 heavy (non-hydrogen) atoms. The lowest BCUT2D eigenvalue weighted by Crippen LogP contribution is -2.24. The van der Waals surface area contributed by atoms with E-state index >= 15 is 0 Å². The Labute approximate surface area is 81.0 Å². The Morgan fingerprint density at radius 3 is 2.62 bits per heavy atom. The molecule has 0 fully saturated rings. The smallest absolute Gasteiger partial charge is 0.408 e. The average molecular weight is 210 g/mol. The number of carbonyl (C=O) groups is 2. The summed E-state index contributed by atoms with van der Waals surface area (Å²) in [6, 6.07) is -0.180. The van der Waals surface area contributed by atoms with Gasteiger partial charge in [-0.3, -0.25) is 4.79 Å². The summed E-state index contributed by atoms with van der Waals surface area (Å²) in [5.74, 6) is -0.830. The molecule has 5 nitrogen and oxygen atoms in total. The van der Waals surface area contributed by atoms with Gasteiger partial charge in [0.25, 0.3) is 0 Å². The van der Waals surface area contributed by atoms with Crippen molar-refractivity contribution in [2.45, 2.75) is 19.3 Å². The van der Waals surface area contributed by atoms with Crippen LogP contribution in [-0.4, -0.2) is 29.8 Å². The van der Waals surface area contributed by atoms with Crippen molar-refractivity contribution in [1.29, 1.82) is 0 Å². The molecule has 0 aromatic carbocycles. The molecule has 0 aromatic rings. The maximum atomic E-state index is 10.6. The molecule has 0 aromatic heterocycles. The summed E-state index contributed by atoms with van der Waals surface area (Å²) >= 11 is 5.12. The Bertz CT molecular complexity index is 174. The van der Waals surface area contributed by atoms with Crippen LogP contribution in [0.15, 0.2) is 0 Å². The maximum absolute atomic E-state index is 10.6. The molecule has 6 heteroatoms. The Morgan fingerprint density at radius 2 is 2.08 bits per heavy atom. The van der Waals surface area contributed by atoms with Gasteiger partial charge in [0.05, 0.1) is 0 Å². The van der Waals surface area contributed by atoms with E-state index in [1.54, 1.807) is 0 Å². The fraction of sp³-hybridized carbons (Fsp3) is 0.714. The second-order valence-corrected chi connectivity index (χ2v) is 2.54. The predicted molar refractivity (Wildman–Crippen MR) is 46.7 cm³/mol. The van der Waals surface area contributed by atoms with E-state index < -0.39 is 12.1 Å². The number of ether oxygens (including phenoxy) is 1. The molecular weight excluding hydrogens is 198 g/mol. The van der Waals surface area contributed by atoms with Crippen LogP contribution in [0.3, 0.4) is 0 Å². The summed E-state index contributed by atoms with van der Waals surface area (Å²) in [6.07, 6.45) is 0.692. The minimum Gasteiger partial charge on any atom is -0.481 e. The summed E-state index contributed by atoms with van der Waals surface area (Å²) in [5, 5.41) is 10.7. The van der Waals surface area contributed by atoms with Crippen molar-refractivity contribution < 1.29 is 19.4 Å². The van der Waals surface area contributed by atoms with E-state index in [4.69, 9.17) is 16.7 Å². The summed E-state index contributed by atoms with van der Waals surface area (Å²) in [5.41, 5.74) is 0. The third-order valence-corrected chi connectivity index (χ3v) is 1.38. The van der Waals surface area contributed by atoms with Gasteiger partial charge in [-0.25, -0.2) is 4.79 Å². The molecule has 0 aliphatic rings. The van der Waals surface area contributed by atoms with E-state index in [1.807, 2.05) is 0 Å². The number of carbonyl (C=O) groups excluding carboxylic acids is 1. The zero-order chi connectivity index (χ0) is 10.1. The van der Waals surface area contributed by atoms with Gasteiger partial charge in [-0.2, -0.15) is 0 Å². The van der Waals surface area contributed by atoms with Gasteiger partial charge in [0, 0.05) is 13.0 Å². The van der Waals surface area contributed by atoms with Gasteiger partial charge >= 0.3 is 12.1 Å². The number of nitrogens with one attached hydrogen (secondary N) is 1. The van der Waals surface area contributed by atoms with Gasteiger partial charge in [0.15, 0.2) is 6.07 Å². The molecule has 0 bridgehead atoms. The average Bonchev–Trinajstić information content (AvgIpc) is 2.03. The van der Waals surface area contributed by atoms with Crippen molar-refractivity contribution in [1.82, 2.24) is 5.32 Å². The number of amides is 1. The number of alkyl carbamates (subject to hydrolysis) is 1. The Kier molecular flexibility index (Phi) is 7.10. The molecule has 0 rings (SSSR count).